The minimum atomic E-state index is -0.829. The quantitative estimate of drug-likeness (QED) is 0.937. The highest BCUT2D eigenvalue weighted by molar-refractivity contribution is 6.34. The Morgan fingerprint density at radius 1 is 1.39 bits per heavy atom. The van der Waals surface area contributed by atoms with Crippen LogP contribution in [0.5, 0.6) is 0 Å². The lowest BCUT2D eigenvalue weighted by Crippen LogP contribution is -2.11. The number of aromatic nitrogens is 4. The number of nitrogens with zero attached hydrogens (tertiary/aromatic N) is 4. The summed E-state index contributed by atoms with van der Waals surface area (Å²) in [6.07, 6.45) is 2.39. The van der Waals surface area contributed by atoms with Crippen LogP contribution in [0.1, 0.15) is 24.5 Å². The molecule has 0 aliphatic rings. The molecule has 1 N–H and O–H groups in total. The molecule has 0 saturated heterocycles. The van der Waals surface area contributed by atoms with Crippen LogP contribution in [0.25, 0.3) is 0 Å². The molecule has 1 unspecified atom stereocenters. The van der Waals surface area contributed by atoms with Gasteiger partial charge in [0.15, 0.2) is 0 Å². The predicted octanol–water partition coefficient (Wildman–Crippen LogP) is 2.28. The summed E-state index contributed by atoms with van der Waals surface area (Å²) in [5.74, 6) is 0.692. The van der Waals surface area contributed by atoms with Crippen molar-refractivity contribution in [3.63, 3.8) is 0 Å². The molecule has 0 bridgehead atoms. The standard InChI is InChI=1S/C11H12Cl2N4O/c1-2-17-10(15-6-16-17)4-9(18)11-8(13)3-7(12)5-14-11/h3,5-6,9,18H,2,4H2,1H3. The molecule has 0 amide bonds. The van der Waals surface area contributed by atoms with Gasteiger partial charge in [-0.25, -0.2) is 4.98 Å². The molecule has 1 atom stereocenters. The second-order valence-electron chi connectivity index (χ2n) is 3.73. The van der Waals surface area contributed by atoms with Crippen LogP contribution in [-0.4, -0.2) is 24.9 Å². The number of hydrogen-bond donors (Lipinski definition) is 1. The molecule has 5 nitrogen and oxygen atoms in total. The molecule has 0 saturated carbocycles. The van der Waals surface area contributed by atoms with Gasteiger partial charge in [0.25, 0.3) is 0 Å². The zero-order valence-electron chi connectivity index (χ0n) is 9.72. The van der Waals surface area contributed by atoms with E-state index in [0.717, 1.165) is 0 Å². The van der Waals surface area contributed by atoms with Gasteiger partial charge in [-0.15, -0.1) is 0 Å². The van der Waals surface area contributed by atoms with E-state index in [1.165, 1.54) is 12.5 Å². The molecular weight excluding hydrogens is 275 g/mol. The summed E-state index contributed by atoms with van der Waals surface area (Å²) in [5.41, 5.74) is 0.395. The molecule has 0 spiro atoms. The van der Waals surface area contributed by atoms with E-state index < -0.39 is 6.10 Å². The second-order valence-corrected chi connectivity index (χ2v) is 4.58. The zero-order chi connectivity index (χ0) is 13.1. The van der Waals surface area contributed by atoms with Gasteiger partial charge in [-0.3, -0.25) is 9.67 Å². The highest BCUT2D eigenvalue weighted by atomic mass is 35.5. The maximum atomic E-state index is 10.1. The van der Waals surface area contributed by atoms with Gasteiger partial charge >= 0.3 is 0 Å². The van der Waals surface area contributed by atoms with Crippen LogP contribution in [-0.2, 0) is 13.0 Å². The normalized spacial score (nSPS) is 12.7. The number of aliphatic hydroxyl groups is 1. The zero-order valence-corrected chi connectivity index (χ0v) is 11.2. The molecule has 0 aliphatic carbocycles. The van der Waals surface area contributed by atoms with Crippen molar-refractivity contribution in [2.75, 3.05) is 0 Å². The maximum Gasteiger partial charge on any atom is 0.138 e. The summed E-state index contributed by atoms with van der Waals surface area (Å²) >= 11 is 11.7. The van der Waals surface area contributed by atoms with Crippen molar-refractivity contribution in [3.8, 4) is 0 Å². The lowest BCUT2D eigenvalue weighted by Gasteiger charge is -2.11. The van der Waals surface area contributed by atoms with Crippen LogP contribution >= 0.6 is 23.2 Å². The van der Waals surface area contributed by atoms with Crippen molar-refractivity contribution < 1.29 is 5.11 Å². The van der Waals surface area contributed by atoms with Crippen molar-refractivity contribution in [1.82, 2.24) is 19.7 Å². The Balaban J connectivity index is 2.19. The Morgan fingerprint density at radius 2 is 2.17 bits per heavy atom. The SMILES string of the molecule is CCn1ncnc1CC(O)c1ncc(Cl)cc1Cl. The summed E-state index contributed by atoms with van der Waals surface area (Å²) < 4.78 is 1.72. The number of aliphatic hydroxyl groups excluding tert-OH is 1. The highest BCUT2D eigenvalue weighted by Crippen LogP contribution is 2.25. The molecule has 2 rings (SSSR count). The van der Waals surface area contributed by atoms with Gasteiger partial charge < -0.3 is 5.11 Å². The van der Waals surface area contributed by atoms with Crippen molar-refractivity contribution in [2.45, 2.75) is 26.0 Å². The minimum Gasteiger partial charge on any atom is -0.386 e. The van der Waals surface area contributed by atoms with Crippen LogP contribution in [0.2, 0.25) is 10.0 Å². The van der Waals surface area contributed by atoms with Gasteiger partial charge in [-0.05, 0) is 13.0 Å². The van der Waals surface area contributed by atoms with E-state index in [9.17, 15) is 5.11 Å². The van der Waals surface area contributed by atoms with Gasteiger partial charge in [0.1, 0.15) is 18.3 Å². The van der Waals surface area contributed by atoms with Gasteiger partial charge in [-0.2, -0.15) is 5.10 Å². The van der Waals surface area contributed by atoms with E-state index in [2.05, 4.69) is 15.1 Å². The molecule has 2 aromatic rings. The third kappa shape index (κ3) is 2.80. The Labute approximate surface area is 114 Å². The molecule has 2 aromatic heterocycles. The molecule has 18 heavy (non-hydrogen) atoms. The van der Waals surface area contributed by atoms with Crippen LogP contribution in [0.15, 0.2) is 18.6 Å². The molecular formula is C11H12Cl2N4O. The van der Waals surface area contributed by atoms with E-state index in [-0.39, 0.29) is 0 Å². The fraction of sp³-hybridized carbons (Fsp3) is 0.364. The van der Waals surface area contributed by atoms with Crippen LogP contribution in [0, 0.1) is 0 Å². The first-order valence-electron chi connectivity index (χ1n) is 5.47. The summed E-state index contributed by atoms with van der Waals surface area (Å²) in [4.78, 5) is 8.14. The third-order valence-electron chi connectivity index (χ3n) is 2.52. The van der Waals surface area contributed by atoms with Crippen LogP contribution in [0.4, 0.5) is 0 Å². The van der Waals surface area contributed by atoms with E-state index >= 15 is 0 Å². The first kappa shape index (κ1) is 13.3. The van der Waals surface area contributed by atoms with E-state index in [4.69, 9.17) is 23.2 Å². The lowest BCUT2D eigenvalue weighted by molar-refractivity contribution is 0.169. The molecule has 2 heterocycles. The third-order valence-corrected chi connectivity index (χ3v) is 3.03. The van der Waals surface area contributed by atoms with E-state index in [0.29, 0.717) is 34.5 Å². The Hall–Kier alpha value is -1.17. The number of hydrogen-bond acceptors (Lipinski definition) is 4. The van der Waals surface area contributed by atoms with Gasteiger partial charge in [-0.1, -0.05) is 23.2 Å². The fourth-order valence-electron chi connectivity index (χ4n) is 1.65. The number of rotatable bonds is 4. The summed E-state index contributed by atoms with van der Waals surface area (Å²) in [7, 11) is 0. The number of aryl methyl sites for hydroxylation is 1. The Kier molecular flexibility index (Phi) is 4.16. The highest BCUT2D eigenvalue weighted by Gasteiger charge is 2.17. The predicted molar refractivity (Wildman–Crippen MR) is 68.6 cm³/mol. The summed E-state index contributed by atoms with van der Waals surface area (Å²) in [5, 5.41) is 14.9. The molecule has 0 radical (unpaired) electrons. The first-order valence-corrected chi connectivity index (χ1v) is 6.23. The smallest absolute Gasteiger partial charge is 0.138 e. The lowest BCUT2D eigenvalue weighted by atomic mass is 10.1. The number of pyridine rings is 1. The average Bonchev–Trinajstić information content (AvgIpc) is 2.76. The van der Waals surface area contributed by atoms with Crippen LogP contribution < -0.4 is 0 Å². The molecule has 0 fully saturated rings. The summed E-state index contributed by atoms with van der Waals surface area (Å²) in [6.45, 7) is 2.65. The second kappa shape index (κ2) is 5.65. The largest absolute Gasteiger partial charge is 0.386 e. The van der Waals surface area contributed by atoms with Gasteiger partial charge in [0.2, 0.25) is 0 Å². The first-order chi connectivity index (χ1) is 8.61. The van der Waals surface area contributed by atoms with Gasteiger partial charge in [0, 0.05) is 19.2 Å². The fourth-order valence-corrected chi connectivity index (χ4v) is 2.16. The minimum absolute atomic E-state index is 0.308. The molecule has 7 heteroatoms. The maximum absolute atomic E-state index is 10.1. The molecule has 0 aliphatic heterocycles. The summed E-state index contributed by atoms with van der Waals surface area (Å²) in [6, 6.07) is 1.55. The van der Waals surface area contributed by atoms with E-state index in [1.807, 2.05) is 6.92 Å². The van der Waals surface area contributed by atoms with Crippen molar-refractivity contribution in [2.24, 2.45) is 0 Å². The molecule has 96 valence electrons. The van der Waals surface area contributed by atoms with E-state index in [1.54, 1.807) is 10.7 Å². The Morgan fingerprint density at radius 3 is 2.83 bits per heavy atom. The van der Waals surface area contributed by atoms with Crippen molar-refractivity contribution >= 4 is 23.2 Å². The monoisotopic (exact) mass is 286 g/mol. The van der Waals surface area contributed by atoms with Gasteiger partial charge in [0.05, 0.1) is 15.7 Å². The van der Waals surface area contributed by atoms with Crippen molar-refractivity contribution in [3.05, 3.63) is 40.2 Å². The number of halogens is 2. The van der Waals surface area contributed by atoms with Crippen molar-refractivity contribution in [1.29, 1.82) is 0 Å². The molecule has 0 aromatic carbocycles. The topological polar surface area (TPSA) is 63.8 Å². The van der Waals surface area contributed by atoms with Crippen LogP contribution in [0.3, 0.4) is 0 Å². The Bertz CT molecular complexity index is 544. The average molecular weight is 287 g/mol.